The SMILES string of the molecule is CC1(C)OB(c2ccc3c(cnn3C3CC3)c2Cl)OC1(C)C. The molecule has 0 bridgehead atoms. The fourth-order valence-corrected chi connectivity index (χ4v) is 3.16. The normalized spacial score (nSPS) is 23.4. The zero-order valence-corrected chi connectivity index (χ0v) is 14.1. The number of fused-ring (bicyclic) bond motifs is 1. The van der Waals surface area contributed by atoms with Crippen molar-refractivity contribution in [1.29, 1.82) is 0 Å². The van der Waals surface area contributed by atoms with Gasteiger partial charge in [0.15, 0.2) is 0 Å². The van der Waals surface area contributed by atoms with Crippen LogP contribution in [0.5, 0.6) is 0 Å². The molecule has 1 aliphatic heterocycles. The van der Waals surface area contributed by atoms with Gasteiger partial charge in [0.1, 0.15) is 0 Å². The van der Waals surface area contributed by atoms with Crippen LogP contribution in [0.15, 0.2) is 18.3 Å². The Labute approximate surface area is 135 Å². The monoisotopic (exact) mass is 318 g/mol. The van der Waals surface area contributed by atoms with E-state index < -0.39 is 7.12 Å². The molecule has 0 unspecified atom stereocenters. The van der Waals surface area contributed by atoms with Crippen molar-refractivity contribution in [3.05, 3.63) is 23.4 Å². The first-order valence-corrected chi connectivity index (χ1v) is 8.19. The Bertz CT molecular complexity index is 736. The minimum Gasteiger partial charge on any atom is -0.399 e. The largest absolute Gasteiger partial charge is 0.496 e. The van der Waals surface area contributed by atoms with Gasteiger partial charge in [-0.05, 0) is 46.6 Å². The molecule has 0 amide bonds. The van der Waals surface area contributed by atoms with Crippen molar-refractivity contribution in [2.75, 3.05) is 0 Å². The summed E-state index contributed by atoms with van der Waals surface area (Å²) in [6.45, 7) is 8.18. The van der Waals surface area contributed by atoms with E-state index in [1.807, 2.05) is 40.0 Å². The molecule has 6 heteroatoms. The van der Waals surface area contributed by atoms with E-state index in [4.69, 9.17) is 20.9 Å². The average molecular weight is 319 g/mol. The lowest BCUT2D eigenvalue weighted by molar-refractivity contribution is 0.00578. The lowest BCUT2D eigenvalue weighted by atomic mass is 9.78. The third kappa shape index (κ3) is 2.03. The molecule has 2 aliphatic rings. The van der Waals surface area contributed by atoms with Crippen molar-refractivity contribution in [3.63, 3.8) is 0 Å². The molecule has 0 spiro atoms. The van der Waals surface area contributed by atoms with E-state index in [0.717, 1.165) is 16.4 Å². The molecule has 1 aliphatic carbocycles. The van der Waals surface area contributed by atoms with Crippen molar-refractivity contribution >= 4 is 35.1 Å². The van der Waals surface area contributed by atoms with Crippen LogP contribution in [-0.4, -0.2) is 28.1 Å². The van der Waals surface area contributed by atoms with E-state index >= 15 is 0 Å². The fraction of sp³-hybridized carbons (Fsp3) is 0.562. The number of hydrogen-bond donors (Lipinski definition) is 0. The van der Waals surface area contributed by atoms with Crippen LogP contribution in [0.2, 0.25) is 5.02 Å². The Morgan fingerprint density at radius 1 is 1.18 bits per heavy atom. The van der Waals surface area contributed by atoms with Crippen LogP contribution >= 0.6 is 11.6 Å². The van der Waals surface area contributed by atoms with Crippen molar-refractivity contribution < 1.29 is 9.31 Å². The number of benzene rings is 1. The second-order valence-corrected chi connectivity index (χ2v) is 7.69. The van der Waals surface area contributed by atoms with Gasteiger partial charge in [-0.3, -0.25) is 4.68 Å². The number of halogens is 1. The maximum atomic E-state index is 6.63. The molecule has 2 fully saturated rings. The second kappa shape index (κ2) is 4.50. The molecule has 0 radical (unpaired) electrons. The number of hydrogen-bond acceptors (Lipinski definition) is 3. The van der Waals surface area contributed by atoms with Gasteiger partial charge in [-0.1, -0.05) is 17.7 Å². The molecule has 0 N–H and O–H groups in total. The molecular formula is C16H20BClN2O2. The van der Waals surface area contributed by atoms with Crippen LogP contribution in [0.25, 0.3) is 10.9 Å². The van der Waals surface area contributed by atoms with Crippen LogP contribution in [0.1, 0.15) is 46.6 Å². The predicted octanol–water partition coefficient (Wildman–Crippen LogP) is 3.32. The van der Waals surface area contributed by atoms with E-state index in [0.29, 0.717) is 11.1 Å². The number of aromatic nitrogens is 2. The summed E-state index contributed by atoms with van der Waals surface area (Å²) < 4.78 is 14.3. The van der Waals surface area contributed by atoms with Crippen LogP contribution < -0.4 is 5.46 Å². The van der Waals surface area contributed by atoms with E-state index in [9.17, 15) is 0 Å². The summed E-state index contributed by atoms with van der Waals surface area (Å²) in [6, 6.07) is 4.62. The summed E-state index contributed by atoms with van der Waals surface area (Å²) in [5.41, 5.74) is 1.23. The van der Waals surface area contributed by atoms with E-state index in [2.05, 4.69) is 15.8 Å². The lowest BCUT2D eigenvalue weighted by Gasteiger charge is -2.32. The highest BCUT2D eigenvalue weighted by Crippen LogP contribution is 2.39. The first-order chi connectivity index (χ1) is 10.3. The van der Waals surface area contributed by atoms with Gasteiger partial charge in [-0.25, -0.2) is 0 Å². The van der Waals surface area contributed by atoms with Crippen molar-refractivity contribution in [2.45, 2.75) is 57.8 Å². The fourth-order valence-electron chi connectivity index (χ4n) is 2.87. The molecule has 0 atom stereocenters. The smallest absolute Gasteiger partial charge is 0.399 e. The third-order valence-corrected chi connectivity index (χ3v) is 5.57. The standard InChI is InChI=1S/C16H20BClN2O2/c1-15(2)16(3,4)22-17(21-15)12-7-8-13-11(14(12)18)9-19-20(13)10-5-6-10/h7-10H,5-6H2,1-4H3. The molecule has 2 heterocycles. The minimum absolute atomic E-state index is 0.367. The highest BCUT2D eigenvalue weighted by molar-refractivity contribution is 6.66. The van der Waals surface area contributed by atoms with Gasteiger partial charge in [-0.15, -0.1) is 0 Å². The van der Waals surface area contributed by atoms with Gasteiger partial charge in [0.05, 0.1) is 34.0 Å². The van der Waals surface area contributed by atoms with Crippen LogP contribution in [0, 0.1) is 0 Å². The zero-order valence-electron chi connectivity index (χ0n) is 13.4. The van der Waals surface area contributed by atoms with Gasteiger partial charge in [0.2, 0.25) is 0 Å². The van der Waals surface area contributed by atoms with Gasteiger partial charge in [-0.2, -0.15) is 5.10 Å². The summed E-state index contributed by atoms with van der Waals surface area (Å²) in [7, 11) is -0.439. The molecule has 1 aromatic heterocycles. The number of rotatable bonds is 2. The van der Waals surface area contributed by atoms with Gasteiger partial charge in [0, 0.05) is 10.8 Å². The third-order valence-electron chi connectivity index (χ3n) is 5.14. The molecule has 4 nitrogen and oxygen atoms in total. The van der Waals surface area contributed by atoms with Crippen molar-refractivity contribution in [2.24, 2.45) is 0 Å². The van der Waals surface area contributed by atoms with E-state index in [1.54, 1.807) is 0 Å². The molecule has 1 aromatic carbocycles. The Kier molecular flexibility index (Phi) is 2.97. The summed E-state index contributed by atoms with van der Waals surface area (Å²) >= 11 is 6.63. The Morgan fingerprint density at radius 3 is 2.41 bits per heavy atom. The van der Waals surface area contributed by atoms with Crippen LogP contribution in [0.3, 0.4) is 0 Å². The summed E-state index contributed by atoms with van der Waals surface area (Å²) in [4.78, 5) is 0. The van der Waals surface area contributed by atoms with Crippen molar-refractivity contribution in [1.82, 2.24) is 9.78 Å². The molecular weight excluding hydrogens is 298 g/mol. The average Bonchev–Trinajstić information content (AvgIpc) is 3.12. The molecule has 116 valence electrons. The highest BCUT2D eigenvalue weighted by Gasteiger charge is 2.52. The molecule has 4 rings (SSSR count). The Morgan fingerprint density at radius 2 is 1.82 bits per heavy atom. The maximum Gasteiger partial charge on any atom is 0.496 e. The van der Waals surface area contributed by atoms with Gasteiger partial charge in [0.25, 0.3) is 0 Å². The lowest BCUT2D eigenvalue weighted by Crippen LogP contribution is -2.41. The maximum absolute atomic E-state index is 6.63. The molecule has 22 heavy (non-hydrogen) atoms. The van der Waals surface area contributed by atoms with Gasteiger partial charge >= 0.3 is 7.12 Å². The Balaban J connectivity index is 1.76. The van der Waals surface area contributed by atoms with Crippen LogP contribution in [0.4, 0.5) is 0 Å². The minimum atomic E-state index is -0.439. The summed E-state index contributed by atoms with van der Waals surface area (Å²) in [5.74, 6) is 0. The summed E-state index contributed by atoms with van der Waals surface area (Å²) in [5, 5.41) is 6.15. The quantitative estimate of drug-likeness (QED) is 0.797. The van der Waals surface area contributed by atoms with Gasteiger partial charge < -0.3 is 9.31 Å². The zero-order chi connectivity index (χ0) is 15.7. The molecule has 1 saturated heterocycles. The van der Waals surface area contributed by atoms with Crippen LogP contribution in [-0.2, 0) is 9.31 Å². The topological polar surface area (TPSA) is 36.3 Å². The second-order valence-electron chi connectivity index (χ2n) is 7.31. The molecule has 1 saturated carbocycles. The van der Waals surface area contributed by atoms with E-state index in [1.165, 1.54) is 12.8 Å². The summed E-state index contributed by atoms with van der Waals surface area (Å²) in [6.07, 6.45) is 4.26. The number of nitrogens with zero attached hydrogens (tertiary/aromatic N) is 2. The molecule has 2 aromatic rings. The van der Waals surface area contributed by atoms with Crippen molar-refractivity contribution in [3.8, 4) is 0 Å². The Hall–Kier alpha value is -1.04. The first kappa shape index (κ1) is 14.6. The van der Waals surface area contributed by atoms with E-state index in [-0.39, 0.29) is 11.2 Å². The predicted molar refractivity (Wildman–Crippen MR) is 88.7 cm³/mol. The first-order valence-electron chi connectivity index (χ1n) is 7.81. The highest BCUT2D eigenvalue weighted by atomic mass is 35.5.